The molecule has 0 saturated heterocycles. The minimum Gasteiger partial charge on any atom is -0.497 e. The number of aliphatic hydroxyl groups is 1. The van der Waals surface area contributed by atoms with Crippen molar-refractivity contribution in [1.82, 2.24) is 0 Å². The summed E-state index contributed by atoms with van der Waals surface area (Å²) in [5.41, 5.74) is 1.73. The van der Waals surface area contributed by atoms with Crippen LogP contribution in [0.4, 0.5) is 0 Å². The van der Waals surface area contributed by atoms with Gasteiger partial charge in [-0.15, -0.1) is 0 Å². The predicted molar refractivity (Wildman–Crippen MR) is 70.4 cm³/mol. The molecule has 1 aromatic rings. The third kappa shape index (κ3) is 2.79. The summed E-state index contributed by atoms with van der Waals surface area (Å²) in [6, 6.07) is 7.58. The number of aliphatic hydroxyl groups excluding tert-OH is 1. The molecule has 2 rings (SSSR count). The van der Waals surface area contributed by atoms with Gasteiger partial charge in [0.1, 0.15) is 5.75 Å². The molecule has 0 heterocycles. The largest absolute Gasteiger partial charge is 0.497 e. The van der Waals surface area contributed by atoms with Crippen molar-refractivity contribution < 1.29 is 14.6 Å². The lowest BCUT2D eigenvalue weighted by Crippen LogP contribution is -2.21. The average molecular weight is 246 g/mol. The van der Waals surface area contributed by atoms with Crippen molar-refractivity contribution in [3.63, 3.8) is 0 Å². The predicted octanol–water partition coefficient (Wildman–Crippen LogP) is 2.44. The second-order valence-electron chi connectivity index (χ2n) is 4.57. The lowest BCUT2D eigenvalue weighted by atomic mass is 9.83. The number of carbonyl (C=O) groups is 1. The van der Waals surface area contributed by atoms with Crippen molar-refractivity contribution in [2.45, 2.75) is 19.3 Å². The number of carbonyl (C=O) groups excluding carboxylic acids is 1. The molecule has 1 atom stereocenters. The topological polar surface area (TPSA) is 46.5 Å². The normalized spacial score (nSPS) is 22.2. The smallest absolute Gasteiger partial charge is 0.159 e. The zero-order chi connectivity index (χ0) is 13.0. The summed E-state index contributed by atoms with van der Waals surface area (Å²) in [6.45, 7) is 0.0493. The molecular formula is C15H18O3. The standard InChI is InChI=1S/C15H18O3/c1-18-13-7-5-11(6-8-13)9-14-12(10-16)3-2-4-15(14)17/h5-9,12,16H,2-4,10H2,1H3. The third-order valence-corrected chi connectivity index (χ3v) is 3.38. The van der Waals surface area contributed by atoms with Gasteiger partial charge < -0.3 is 9.84 Å². The van der Waals surface area contributed by atoms with Crippen LogP contribution in [0.2, 0.25) is 0 Å². The number of hydrogen-bond acceptors (Lipinski definition) is 3. The van der Waals surface area contributed by atoms with E-state index >= 15 is 0 Å². The van der Waals surface area contributed by atoms with Crippen molar-refractivity contribution >= 4 is 11.9 Å². The molecule has 1 aliphatic carbocycles. The highest BCUT2D eigenvalue weighted by molar-refractivity contribution is 6.00. The molecule has 1 aliphatic rings. The quantitative estimate of drug-likeness (QED) is 0.833. The first-order chi connectivity index (χ1) is 8.74. The molecule has 1 aromatic carbocycles. The number of ketones is 1. The van der Waals surface area contributed by atoms with E-state index in [4.69, 9.17) is 4.74 Å². The van der Waals surface area contributed by atoms with Crippen LogP contribution in [0.15, 0.2) is 29.8 Å². The first kappa shape index (κ1) is 12.8. The highest BCUT2D eigenvalue weighted by atomic mass is 16.5. The van der Waals surface area contributed by atoms with Gasteiger partial charge in [-0.3, -0.25) is 4.79 Å². The Morgan fingerprint density at radius 1 is 1.39 bits per heavy atom. The fourth-order valence-electron chi connectivity index (χ4n) is 2.30. The van der Waals surface area contributed by atoms with Gasteiger partial charge in [0, 0.05) is 17.9 Å². The monoisotopic (exact) mass is 246 g/mol. The Balaban J connectivity index is 2.25. The average Bonchev–Trinajstić information content (AvgIpc) is 2.42. The summed E-state index contributed by atoms with van der Waals surface area (Å²) in [7, 11) is 1.62. The summed E-state index contributed by atoms with van der Waals surface area (Å²) in [6.07, 6.45) is 4.26. The Kier molecular flexibility index (Phi) is 4.15. The number of ether oxygens (including phenoxy) is 1. The molecule has 0 aliphatic heterocycles. The summed E-state index contributed by atoms with van der Waals surface area (Å²) in [5.74, 6) is 0.954. The molecule has 0 aromatic heterocycles. The highest BCUT2D eigenvalue weighted by Gasteiger charge is 2.24. The van der Waals surface area contributed by atoms with Crippen LogP contribution in [0.25, 0.3) is 6.08 Å². The molecule has 0 radical (unpaired) electrons. The Bertz CT molecular complexity index is 445. The van der Waals surface area contributed by atoms with Crippen LogP contribution >= 0.6 is 0 Å². The van der Waals surface area contributed by atoms with Gasteiger partial charge in [-0.25, -0.2) is 0 Å². The fraction of sp³-hybridized carbons (Fsp3) is 0.400. The summed E-state index contributed by atoms with van der Waals surface area (Å²) in [4.78, 5) is 11.9. The second-order valence-corrected chi connectivity index (χ2v) is 4.57. The van der Waals surface area contributed by atoms with Gasteiger partial charge in [0.05, 0.1) is 13.7 Å². The zero-order valence-electron chi connectivity index (χ0n) is 10.6. The summed E-state index contributed by atoms with van der Waals surface area (Å²) >= 11 is 0. The van der Waals surface area contributed by atoms with Crippen LogP contribution in [0.1, 0.15) is 24.8 Å². The van der Waals surface area contributed by atoms with Gasteiger partial charge in [0.25, 0.3) is 0 Å². The molecule has 1 fully saturated rings. The Hall–Kier alpha value is -1.61. The molecule has 1 unspecified atom stereocenters. The molecule has 1 saturated carbocycles. The minimum atomic E-state index is -0.00616. The summed E-state index contributed by atoms with van der Waals surface area (Å²) < 4.78 is 5.09. The van der Waals surface area contributed by atoms with Crippen LogP contribution in [0.5, 0.6) is 5.75 Å². The zero-order valence-corrected chi connectivity index (χ0v) is 10.6. The van der Waals surface area contributed by atoms with Gasteiger partial charge in [0.15, 0.2) is 5.78 Å². The SMILES string of the molecule is COc1ccc(C=C2C(=O)CCCC2CO)cc1. The molecule has 18 heavy (non-hydrogen) atoms. The number of hydrogen-bond donors (Lipinski definition) is 1. The molecule has 0 spiro atoms. The molecule has 1 N–H and O–H groups in total. The molecule has 0 bridgehead atoms. The Morgan fingerprint density at radius 2 is 2.11 bits per heavy atom. The molecule has 0 amide bonds. The van der Waals surface area contributed by atoms with Crippen molar-refractivity contribution in [1.29, 1.82) is 0 Å². The van der Waals surface area contributed by atoms with E-state index in [0.29, 0.717) is 6.42 Å². The maximum absolute atomic E-state index is 11.9. The number of methoxy groups -OCH3 is 1. The van der Waals surface area contributed by atoms with Crippen LogP contribution in [-0.4, -0.2) is 24.6 Å². The van der Waals surface area contributed by atoms with E-state index in [9.17, 15) is 9.90 Å². The van der Waals surface area contributed by atoms with E-state index in [-0.39, 0.29) is 18.3 Å². The van der Waals surface area contributed by atoms with Crippen LogP contribution in [0.3, 0.4) is 0 Å². The summed E-state index contributed by atoms with van der Waals surface area (Å²) in [5, 5.41) is 9.33. The van der Waals surface area contributed by atoms with E-state index in [1.54, 1.807) is 7.11 Å². The minimum absolute atomic E-state index is 0.00616. The van der Waals surface area contributed by atoms with Gasteiger partial charge in [-0.2, -0.15) is 0 Å². The van der Waals surface area contributed by atoms with Crippen molar-refractivity contribution in [2.75, 3.05) is 13.7 Å². The van der Waals surface area contributed by atoms with E-state index in [1.807, 2.05) is 30.3 Å². The van der Waals surface area contributed by atoms with Crippen molar-refractivity contribution in [3.05, 3.63) is 35.4 Å². The lowest BCUT2D eigenvalue weighted by molar-refractivity contribution is -0.117. The van der Waals surface area contributed by atoms with Gasteiger partial charge in [-0.05, 0) is 36.6 Å². The molecule has 96 valence electrons. The fourth-order valence-corrected chi connectivity index (χ4v) is 2.30. The number of Topliss-reactive ketones (excluding diaryl/α,β-unsaturated/α-hetero) is 1. The van der Waals surface area contributed by atoms with Crippen molar-refractivity contribution in [2.24, 2.45) is 5.92 Å². The highest BCUT2D eigenvalue weighted by Crippen LogP contribution is 2.28. The number of benzene rings is 1. The van der Waals surface area contributed by atoms with Crippen LogP contribution in [0, 0.1) is 5.92 Å². The number of rotatable bonds is 3. The first-order valence-electron chi connectivity index (χ1n) is 6.24. The van der Waals surface area contributed by atoms with E-state index in [2.05, 4.69) is 0 Å². The van der Waals surface area contributed by atoms with Crippen LogP contribution in [-0.2, 0) is 4.79 Å². The van der Waals surface area contributed by atoms with Crippen LogP contribution < -0.4 is 4.74 Å². The second kappa shape index (κ2) is 5.83. The van der Waals surface area contributed by atoms with Gasteiger partial charge in [-0.1, -0.05) is 12.1 Å². The Labute approximate surface area is 107 Å². The van der Waals surface area contributed by atoms with Crippen molar-refractivity contribution in [3.8, 4) is 5.75 Å². The molecule has 3 heteroatoms. The van der Waals surface area contributed by atoms with E-state index in [1.165, 1.54) is 0 Å². The molecular weight excluding hydrogens is 228 g/mol. The van der Waals surface area contributed by atoms with Gasteiger partial charge >= 0.3 is 0 Å². The third-order valence-electron chi connectivity index (χ3n) is 3.38. The maximum Gasteiger partial charge on any atom is 0.159 e. The lowest BCUT2D eigenvalue weighted by Gasteiger charge is -2.22. The van der Waals surface area contributed by atoms with E-state index in [0.717, 1.165) is 29.7 Å². The Morgan fingerprint density at radius 3 is 2.72 bits per heavy atom. The van der Waals surface area contributed by atoms with Gasteiger partial charge in [0.2, 0.25) is 0 Å². The first-order valence-corrected chi connectivity index (χ1v) is 6.24. The maximum atomic E-state index is 11.9. The van der Waals surface area contributed by atoms with E-state index < -0.39 is 0 Å². The molecule has 3 nitrogen and oxygen atoms in total.